The van der Waals surface area contributed by atoms with Gasteiger partial charge in [0.25, 0.3) is 0 Å². The van der Waals surface area contributed by atoms with Gasteiger partial charge in [-0.25, -0.2) is 0 Å². The summed E-state index contributed by atoms with van der Waals surface area (Å²) in [6.45, 7) is 0. The molecule has 2 saturated carbocycles. The van der Waals surface area contributed by atoms with E-state index in [0.29, 0.717) is 11.3 Å². The van der Waals surface area contributed by atoms with Crippen LogP contribution in [0, 0.1) is 11.3 Å². The number of hydrogen-bond acceptors (Lipinski definition) is 3. The largest absolute Gasteiger partial charge is 0.497 e. The van der Waals surface area contributed by atoms with Gasteiger partial charge in [-0.05, 0) is 54.7 Å². The molecule has 3 rings (SSSR count). The highest BCUT2D eigenvalue weighted by molar-refractivity contribution is 5.73. The summed E-state index contributed by atoms with van der Waals surface area (Å²) in [5.74, 6) is 1.69. The molecule has 2 aliphatic rings. The number of ether oxygens (including phenoxy) is 2. The molecule has 0 radical (unpaired) electrons. The molecule has 0 saturated heterocycles. The third kappa shape index (κ3) is 2.11. The molecule has 0 aliphatic heterocycles. The van der Waals surface area contributed by atoms with E-state index in [2.05, 4.69) is 12.1 Å². The first-order chi connectivity index (χ1) is 9.15. The van der Waals surface area contributed by atoms with Gasteiger partial charge in [0.2, 0.25) is 0 Å². The van der Waals surface area contributed by atoms with E-state index < -0.39 is 0 Å². The topological polar surface area (TPSA) is 35.5 Å². The fourth-order valence-corrected chi connectivity index (χ4v) is 3.75. The Morgan fingerprint density at radius 2 is 1.74 bits per heavy atom. The van der Waals surface area contributed by atoms with Crippen molar-refractivity contribution in [1.82, 2.24) is 0 Å². The summed E-state index contributed by atoms with van der Waals surface area (Å²) in [4.78, 5) is 11.4. The van der Waals surface area contributed by atoms with Crippen LogP contribution in [0.4, 0.5) is 0 Å². The molecule has 0 heterocycles. The predicted molar refractivity (Wildman–Crippen MR) is 72.1 cm³/mol. The van der Waals surface area contributed by atoms with Gasteiger partial charge in [0.15, 0.2) is 0 Å². The Balaban J connectivity index is 1.54. The number of esters is 1. The highest BCUT2D eigenvalue weighted by Gasteiger charge is 2.55. The van der Waals surface area contributed by atoms with Crippen molar-refractivity contribution in [2.75, 3.05) is 14.2 Å². The molecule has 0 unspecified atom stereocenters. The van der Waals surface area contributed by atoms with Crippen LogP contribution in [0.15, 0.2) is 24.3 Å². The van der Waals surface area contributed by atoms with E-state index in [1.807, 2.05) is 12.1 Å². The normalized spacial score (nSPS) is 32.3. The van der Waals surface area contributed by atoms with E-state index in [-0.39, 0.29) is 11.9 Å². The van der Waals surface area contributed by atoms with Crippen molar-refractivity contribution in [2.24, 2.45) is 11.3 Å². The minimum Gasteiger partial charge on any atom is -0.497 e. The summed E-state index contributed by atoms with van der Waals surface area (Å²) in [7, 11) is 3.17. The summed E-state index contributed by atoms with van der Waals surface area (Å²) >= 11 is 0. The van der Waals surface area contributed by atoms with Crippen molar-refractivity contribution in [3.8, 4) is 5.75 Å². The summed E-state index contributed by atoms with van der Waals surface area (Å²) in [6.07, 6.45) is 4.47. The summed E-state index contributed by atoms with van der Waals surface area (Å²) in [5, 5.41) is 0. The molecule has 3 heteroatoms. The minimum atomic E-state index is -0.0291. The van der Waals surface area contributed by atoms with Crippen LogP contribution in [0.5, 0.6) is 5.75 Å². The van der Waals surface area contributed by atoms with Crippen molar-refractivity contribution in [1.29, 1.82) is 0 Å². The Morgan fingerprint density at radius 1 is 1.11 bits per heavy atom. The maximum atomic E-state index is 11.4. The number of benzene rings is 1. The number of hydrogen-bond donors (Lipinski definition) is 0. The lowest BCUT2D eigenvalue weighted by Gasteiger charge is -2.57. The molecule has 2 aliphatic carbocycles. The zero-order valence-electron chi connectivity index (χ0n) is 11.5. The standard InChI is InChI=1S/C16H20O3/c1-18-14-5-3-11(4-6-14)12-7-16(8-12)9-13(10-16)15(17)19-2/h3-6,12-13H,7-10H2,1-2H3. The molecule has 1 aromatic rings. The lowest BCUT2D eigenvalue weighted by atomic mass is 9.47. The minimum absolute atomic E-state index is 0.0291. The smallest absolute Gasteiger partial charge is 0.308 e. The highest BCUT2D eigenvalue weighted by atomic mass is 16.5. The fourth-order valence-electron chi connectivity index (χ4n) is 3.75. The van der Waals surface area contributed by atoms with Crippen LogP contribution < -0.4 is 4.74 Å². The monoisotopic (exact) mass is 260 g/mol. The van der Waals surface area contributed by atoms with Gasteiger partial charge in [0.05, 0.1) is 20.1 Å². The molecule has 102 valence electrons. The van der Waals surface area contributed by atoms with E-state index >= 15 is 0 Å². The third-order valence-corrected chi connectivity index (χ3v) is 4.84. The van der Waals surface area contributed by atoms with Crippen molar-refractivity contribution >= 4 is 5.97 Å². The molecule has 0 atom stereocenters. The second-order valence-electron chi connectivity index (χ2n) is 6.01. The van der Waals surface area contributed by atoms with Crippen LogP contribution >= 0.6 is 0 Å². The average molecular weight is 260 g/mol. The molecule has 1 spiro atoms. The van der Waals surface area contributed by atoms with Crippen LogP contribution in [-0.4, -0.2) is 20.2 Å². The maximum absolute atomic E-state index is 11.4. The lowest BCUT2D eigenvalue weighted by Crippen LogP contribution is -2.49. The van der Waals surface area contributed by atoms with Crippen LogP contribution in [0.2, 0.25) is 0 Å². The SMILES string of the molecule is COC(=O)C1CC2(C1)CC(c1ccc(OC)cc1)C2. The zero-order valence-corrected chi connectivity index (χ0v) is 11.5. The van der Waals surface area contributed by atoms with Crippen molar-refractivity contribution in [3.63, 3.8) is 0 Å². The van der Waals surface area contributed by atoms with Gasteiger partial charge < -0.3 is 9.47 Å². The Hall–Kier alpha value is -1.51. The number of carbonyl (C=O) groups is 1. The van der Waals surface area contributed by atoms with E-state index in [4.69, 9.17) is 9.47 Å². The Bertz CT molecular complexity index is 463. The van der Waals surface area contributed by atoms with Gasteiger partial charge in [-0.3, -0.25) is 4.79 Å². The molecule has 0 amide bonds. The predicted octanol–water partition coefficient (Wildman–Crippen LogP) is 3.14. The van der Waals surface area contributed by atoms with Crippen molar-refractivity contribution < 1.29 is 14.3 Å². The van der Waals surface area contributed by atoms with Gasteiger partial charge in [0.1, 0.15) is 5.75 Å². The molecule has 2 fully saturated rings. The first kappa shape index (κ1) is 12.5. The Kier molecular flexibility index (Phi) is 3.00. The summed E-state index contributed by atoms with van der Waals surface area (Å²) < 4.78 is 9.98. The Labute approximate surface area is 113 Å². The molecule has 19 heavy (non-hydrogen) atoms. The van der Waals surface area contributed by atoms with Crippen LogP contribution in [0.1, 0.15) is 37.2 Å². The zero-order chi connectivity index (χ0) is 13.5. The quantitative estimate of drug-likeness (QED) is 0.783. The first-order valence-corrected chi connectivity index (χ1v) is 6.87. The summed E-state index contributed by atoms with van der Waals surface area (Å²) in [6, 6.07) is 8.37. The third-order valence-electron chi connectivity index (χ3n) is 4.84. The van der Waals surface area contributed by atoms with Gasteiger partial charge in [-0.15, -0.1) is 0 Å². The number of carbonyl (C=O) groups excluding carboxylic acids is 1. The average Bonchev–Trinajstić information content (AvgIpc) is 2.35. The van der Waals surface area contributed by atoms with Gasteiger partial charge in [0, 0.05) is 0 Å². The van der Waals surface area contributed by atoms with E-state index in [1.54, 1.807) is 7.11 Å². The van der Waals surface area contributed by atoms with Gasteiger partial charge in [-0.2, -0.15) is 0 Å². The molecule has 3 nitrogen and oxygen atoms in total. The lowest BCUT2D eigenvalue weighted by molar-refractivity contribution is -0.159. The van der Waals surface area contributed by atoms with Crippen LogP contribution in [0.25, 0.3) is 0 Å². The summed E-state index contributed by atoms with van der Waals surface area (Å²) in [5.41, 5.74) is 1.83. The van der Waals surface area contributed by atoms with Crippen LogP contribution in [-0.2, 0) is 9.53 Å². The fraction of sp³-hybridized carbons (Fsp3) is 0.562. The molecule has 1 aromatic carbocycles. The Morgan fingerprint density at radius 3 is 2.26 bits per heavy atom. The first-order valence-electron chi connectivity index (χ1n) is 6.87. The molecular formula is C16H20O3. The van der Waals surface area contributed by atoms with Crippen molar-refractivity contribution in [3.05, 3.63) is 29.8 Å². The number of rotatable bonds is 3. The van der Waals surface area contributed by atoms with E-state index in [0.717, 1.165) is 18.6 Å². The molecule has 0 bridgehead atoms. The van der Waals surface area contributed by atoms with E-state index in [9.17, 15) is 4.79 Å². The second kappa shape index (κ2) is 4.55. The van der Waals surface area contributed by atoms with E-state index in [1.165, 1.54) is 25.5 Å². The van der Waals surface area contributed by atoms with Crippen molar-refractivity contribution in [2.45, 2.75) is 31.6 Å². The van der Waals surface area contributed by atoms with Crippen LogP contribution in [0.3, 0.4) is 0 Å². The maximum Gasteiger partial charge on any atom is 0.308 e. The molecular weight excluding hydrogens is 240 g/mol. The van der Waals surface area contributed by atoms with Gasteiger partial charge in [-0.1, -0.05) is 12.1 Å². The molecule has 0 aromatic heterocycles. The molecule has 0 N–H and O–H groups in total. The van der Waals surface area contributed by atoms with Gasteiger partial charge >= 0.3 is 5.97 Å². The number of methoxy groups -OCH3 is 2. The second-order valence-corrected chi connectivity index (χ2v) is 6.01. The highest BCUT2D eigenvalue weighted by Crippen LogP contribution is 2.64.